The number of rotatable bonds is 6. The van der Waals surface area contributed by atoms with Crippen molar-refractivity contribution in [2.75, 3.05) is 6.26 Å². The molecule has 0 saturated heterocycles. The van der Waals surface area contributed by atoms with E-state index in [4.69, 9.17) is 0 Å². The fourth-order valence-electron chi connectivity index (χ4n) is 2.05. The maximum Gasteiger partial charge on any atom is 0.126 e. The SMILES string of the molecule is CSc1ccc([C@@H](O)[C@@H](C#N)NCc2ccccc2)cc1. The van der Waals surface area contributed by atoms with Gasteiger partial charge in [0.25, 0.3) is 0 Å². The van der Waals surface area contributed by atoms with E-state index in [0.29, 0.717) is 6.54 Å². The Bertz CT molecular complexity index is 592. The largest absolute Gasteiger partial charge is 0.386 e. The summed E-state index contributed by atoms with van der Waals surface area (Å²) in [6.07, 6.45) is 1.17. The Kier molecular flexibility index (Phi) is 5.82. The highest BCUT2D eigenvalue weighted by atomic mass is 32.2. The van der Waals surface area contributed by atoms with Crippen LogP contribution in [0.2, 0.25) is 0 Å². The van der Waals surface area contributed by atoms with E-state index >= 15 is 0 Å². The van der Waals surface area contributed by atoms with E-state index in [1.807, 2.05) is 60.9 Å². The van der Waals surface area contributed by atoms with Gasteiger partial charge in [-0.05, 0) is 29.5 Å². The number of aliphatic hydroxyl groups is 1. The van der Waals surface area contributed by atoms with Crippen LogP contribution in [0.3, 0.4) is 0 Å². The van der Waals surface area contributed by atoms with Crippen molar-refractivity contribution in [1.82, 2.24) is 5.32 Å². The van der Waals surface area contributed by atoms with Crippen molar-refractivity contribution in [3.63, 3.8) is 0 Å². The maximum absolute atomic E-state index is 10.3. The van der Waals surface area contributed by atoms with Crippen LogP contribution in [-0.2, 0) is 6.54 Å². The number of thioether (sulfide) groups is 1. The van der Waals surface area contributed by atoms with Gasteiger partial charge in [-0.3, -0.25) is 5.32 Å². The van der Waals surface area contributed by atoms with E-state index in [9.17, 15) is 10.4 Å². The van der Waals surface area contributed by atoms with Crippen LogP contribution in [0, 0.1) is 11.3 Å². The smallest absolute Gasteiger partial charge is 0.126 e. The molecule has 0 aromatic heterocycles. The predicted octanol–water partition coefficient (Wildman–Crippen LogP) is 3.12. The van der Waals surface area contributed by atoms with Gasteiger partial charge in [0.1, 0.15) is 12.1 Å². The molecule has 0 radical (unpaired) electrons. The molecule has 0 fully saturated rings. The Labute approximate surface area is 129 Å². The van der Waals surface area contributed by atoms with E-state index in [1.54, 1.807) is 11.8 Å². The predicted molar refractivity (Wildman–Crippen MR) is 85.9 cm³/mol. The molecular weight excluding hydrogens is 280 g/mol. The molecule has 108 valence electrons. The third-order valence-electron chi connectivity index (χ3n) is 3.28. The first-order chi connectivity index (χ1) is 10.2. The highest BCUT2D eigenvalue weighted by molar-refractivity contribution is 7.98. The molecule has 0 unspecified atom stereocenters. The molecule has 0 heterocycles. The van der Waals surface area contributed by atoms with Crippen LogP contribution in [0.5, 0.6) is 0 Å². The second kappa shape index (κ2) is 7.84. The minimum Gasteiger partial charge on any atom is -0.386 e. The molecule has 4 heteroatoms. The molecule has 2 N–H and O–H groups in total. The van der Waals surface area contributed by atoms with E-state index in [2.05, 4.69) is 11.4 Å². The molecule has 3 nitrogen and oxygen atoms in total. The summed E-state index contributed by atoms with van der Waals surface area (Å²) in [5, 5.41) is 22.7. The zero-order valence-corrected chi connectivity index (χ0v) is 12.7. The number of nitrogens with one attached hydrogen (secondary N) is 1. The van der Waals surface area contributed by atoms with E-state index in [0.717, 1.165) is 16.0 Å². The van der Waals surface area contributed by atoms with Gasteiger partial charge in [0.05, 0.1) is 6.07 Å². The van der Waals surface area contributed by atoms with Crippen LogP contribution in [0.1, 0.15) is 17.2 Å². The van der Waals surface area contributed by atoms with Gasteiger partial charge < -0.3 is 5.11 Å². The van der Waals surface area contributed by atoms with Gasteiger partial charge in [0.15, 0.2) is 0 Å². The Morgan fingerprint density at radius 1 is 1.14 bits per heavy atom. The second-order valence-electron chi connectivity index (χ2n) is 4.69. The molecule has 0 spiro atoms. The molecular formula is C17H18N2OS. The van der Waals surface area contributed by atoms with Crippen LogP contribution in [0.15, 0.2) is 59.5 Å². The van der Waals surface area contributed by atoms with Gasteiger partial charge >= 0.3 is 0 Å². The summed E-state index contributed by atoms with van der Waals surface area (Å²) >= 11 is 1.65. The van der Waals surface area contributed by atoms with Crippen molar-refractivity contribution in [3.8, 4) is 6.07 Å². The van der Waals surface area contributed by atoms with Crippen molar-refractivity contribution in [1.29, 1.82) is 5.26 Å². The minimum atomic E-state index is -0.838. The van der Waals surface area contributed by atoms with Crippen LogP contribution < -0.4 is 5.32 Å². The first-order valence-corrected chi connectivity index (χ1v) is 7.96. The van der Waals surface area contributed by atoms with Crippen LogP contribution in [0.4, 0.5) is 0 Å². The van der Waals surface area contributed by atoms with Crippen molar-refractivity contribution >= 4 is 11.8 Å². The first-order valence-electron chi connectivity index (χ1n) is 6.73. The van der Waals surface area contributed by atoms with E-state index < -0.39 is 12.1 Å². The third-order valence-corrected chi connectivity index (χ3v) is 4.02. The molecule has 2 atom stereocenters. The van der Waals surface area contributed by atoms with Gasteiger partial charge in [0.2, 0.25) is 0 Å². The lowest BCUT2D eigenvalue weighted by molar-refractivity contribution is 0.149. The van der Waals surface area contributed by atoms with E-state index in [-0.39, 0.29) is 0 Å². The van der Waals surface area contributed by atoms with Gasteiger partial charge in [0, 0.05) is 11.4 Å². The fraction of sp³-hybridized carbons (Fsp3) is 0.235. The number of benzene rings is 2. The molecule has 2 aromatic carbocycles. The van der Waals surface area contributed by atoms with Gasteiger partial charge in [-0.15, -0.1) is 11.8 Å². The van der Waals surface area contributed by atoms with Crippen molar-refractivity contribution in [2.24, 2.45) is 0 Å². The summed E-state index contributed by atoms with van der Waals surface area (Å²) in [4.78, 5) is 1.14. The quantitative estimate of drug-likeness (QED) is 0.805. The number of nitriles is 1. The monoisotopic (exact) mass is 298 g/mol. The average Bonchev–Trinajstić information content (AvgIpc) is 2.56. The Hall–Kier alpha value is -1.80. The lowest BCUT2D eigenvalue weighted by Crippen LogP contribution is -2.33. The highest BCUT2D eigenvalue weighted by Gasteiger charge is 2.19. The topological polar surface area (TPSA) is 56.0 Å². The molecule has 0 bridgehead atoms. The van der Waals surface area contributed by atoms with Crippen molar-refractivity contribution in [2.45, 2.75) is 23.6 Å². The maximum atomic E-state index is 10.3. The molecule has 0 aliphatic carbocycles. The summed E-state index contributed by atoms with van der Waals surface area (Å²) in [5.41, 5.74) is 1.84. The number of aliphatic hydroxyl groups excluding tert-OH is 1. The molecule has 0 aliphatic rings. The summed E-state index contributed by atoms with van der Waals surface area (Å²) in [7, 11) is 0. The number of nitrogens with zero attached hydrogens (tertiary/aromatic N) is 1. The number of hydrogen-bond acceptors (Lipinski definition) is 4. The molecule has 0 aliphatic heterocycles. The summed E-state index contributed by atoms with van der Waals surface area (Å²) in [6, 6.07) is 19.0. The lowest BCUT2D eigenvalue weighted by Gasteiger charge is -2.18. The molecule has 2 rings (SSSR count). The van der Waals surface area contributed by atoms with Crippen molar-refractivity contribution in [3.05, 3.63) is 65.7 Å². The summed E-state index contributed by atoms with van der Waals surface area (Å²) in [6.45, 7) is 0.555. The third kappa shape index (κ3) is 4.33. The molecule has 0 amide bonds. The molecule has 2 aromatic rings. The highest BCUT2D eigenvalue weighted by Crippen LogP contribution is 2.21. The van der Waals surface area contributed by atoms with Crippen LogP contribution in [-0.4, -0.2) is 17.4 Å². The van der Waals surface area contributed by atoms with Crippen molar-refractivity contribution < 1.29 is 5.11 Å². The average molecular weight is 298 g/mol. The first kappa shape index (κ1) is 15.6. The Morgan fingerprint density at radius 3 is 2.38 bits per heavy atom. The zero-order chi connectivity index (χ0) is 15.1. The Morgan fingerprint density at radius 2 is 1.81 bits per heavy atom. The molecule has 21 heavy (non-hydrogen) atoms. The van der Waals surface area contributed by atoms with E-state index in [1.165, 1.54) is 0 Å². The fourth-order valence-corrected chi connectivity index (χ4v) is 2.45. The summed E-state index contributed by atoms with van der Waals surface area (Å²) in [5.74, 6) is 0. The summed E-state index contributed by atoms with van der Waals surface area (Å²) < 4.78 is 0. The number of hydrogen-bond donors (Lipinski definition) is 2. The van der Waals surface area contributed by atoms with Gasteiger partial charge in [-0.2, -0.15) is 5.26 Å². The van der Waals surface area contributed by atoms with Crippen LogP contribution >= 0.6 is 11.8 Å². The lowest BCUT2D eigenvalue weighted by atomic mass is 10.0. The standard InChI is InChI=1S/C17H18N2OS/c1-21-15-9-7-14(8-10-15)17(20)16(11-18)19-12-13-5-3-2-4-6-13/h2-10,16-17,19-20H,12H2,1H3/t16-,17-/m1/s1. The normalized spacial score (nSPS) is 13.4. The minimum absolute atomic E-state index is 0.555. The molecule has 0 saturated carbocycles. The zero-order valence-electron chi connectivity index (χ0n) is 11.9. The Balaban J connectivity index is 2.01. The van der Waals surface area contributed by atoms with Gasteiger partial charge in [-0.25, -0.2) is 0 Å². The van der Waals surface area contributed by atoms with Crippen LogP contribution in [0.25, 0.3) is 0 Å². The van der Waals surface area contributed by atoms with Gasteiger partial charge in [-0.1, -0.05) is 42.5 Å². The second-order valence-corrected chi connectivity index (χ2v) is 5.57.